The van der Waals surface area contributed by atoms with Crippen molar-refractivity contribution in [3.63, 3.8) is 0 Å². The van der Waals surface area contributed by atoms with Crippen molar-refractivity contribution in [2.75, 3.05) is 11.6 Å². The minimum Gasteiger partial charge on any atom is -0.378 e. The lowest BCUT2D eigenvalue weighted by Gasteiger charge is -2.20. The molecule has 2 aliphatic heterocycles. The standard InChI is InChI=1S/C20H27N3O3/c1-14(10-11-17-9-6-12-26-17)21-20(25)18-13-19(15(2)24)23(22-18)16-7-4-3-5-8-16/h3-5,7-8,14,17,19H,6,9-13H2,1-2H3,(H,21,25). The third kappa shape index (κ3) is 4.49. The maximum Gasteiger partial charge on any atom is 0.267 e. The molecule has 1 aromatic rings. The molecule has 0 spiro atoms. The van der Waals surface area contributed by atoms with Crippen LogP contribution in [0.4, 0.5) is 5.69 Å². The second kappa shape index (κ2) is 8.45. The van der Waals surface area contributed by atoms with Gasteiger partial charge in [-0.3, -0.25) is 14.6 Å². The van der Waals surface area contributed by atoms with Crippen LogP contribution < -0.4 is 10.3 Å². The highest BCUT2D eigenvalue weighted by Crippen LogP contribution is 2.25. The average Bonchev–Trinajstić information content (AvgIpc) is 3.30. The first-order valence-corrected chi connectivity index (χ1v) is 9.39. The Balaban J connectivity index is 1.60. The first-order chi connectivity index (χ1) is 12.5. The summed E-state index contributed by atoms with van der Waals surface area (Å²) in [5.41, 5.74) is 1.24. The molecule has 2 aliphatic rings. The number of nitrogens with one attached hydrogen (secondary N) is 1. The van der Waals surface area contributed by atoms with Crippen LogP contribution in [0.1, 0.15) is 46.0 Å². The number of hydrogen-bond donors (Lipinski definition) is 1. The number of hydrogen-bond acceptors (Lipinski definition) is 5. The molecular formula is C20H27N3O3. The van der Waals surface area contributed by atoms with E-state index in [9.17, 15) is 9.59 Å². The number of para-hydroxylation sites is 1. The van der Waals surface area contributed by atoms with Gasteiger partial charge in [0.25, 0.3) is 5.91 Å². The highest BCUT2D eigenvalue weighted by Gasteiger charge is 2.34. The molecule has 0 aliphatic carbocycles. The number of anilines is 1. The second-order valence-corrected chi connectivity index (χ2v) is 7.14. The van der Waals surface area contributed by atoms with Crippen molar-refractivity contribution in [3.8, 4) is 0 Å². The van der Waals surface area contributed by atoms with E-state index < -0.39 is 6.04 Å². The Hall–Kier alpha value is -2.21. The van der Waals surface area contributed by atoms with Gasteiger partial charge in [-0.05, 0) is 51.7 Å². The Bertz CT molecular complexity index is 668. The van der Waals surface area contributed by atoms with Crippen molar-refractivity contribution in [2.45, 2.75) is 64.1 Å². The monoisotopic (exact) mass is 357 g/mol. The zero-order valence-corrected chi connectivity index (χ0v) is 15.5. The molecule has 1 fully saturated rings. The van der Waals surface area contributed by atoms with Crippen molar-refractivity contribution in [1.29, 1.82) is 0 Å². The van der Waals surface area contributed by atoms with E-state index in [2.05, 4.69) is 10.4 Å². The van der Waals surface area contributed by atoms with E-state index in [1.165, 1.54) is 0 Å². The van der Waals surface area contributed by atoms with Crippen LogP contribution in [0.5, 0.6) is 0 Å². The SMILES string of the molecule is CC(=O)C1CC(C(=O)NC(C)CCC2CCCO2)=NN1c1ccccc1. The fraction of sp³-hybridized carbons (Fsp3) is 0.550. The topological polar surface area (TPSA) is 71.0 Å². The molecule has 3 atom stereocenters. The van der Waals surface area contributed by atoms with E-state index >= 15 is 0 Å². The number of benzene rings is 1. The molecule has 1 aromatic carbocycles. The molecular weight excluding hydrogens is 330 g/mol. The van der Waals surface area contributed by atoms with E-state index in [-0.39, 0.29) is 17.7 Å². The lowest BCUT2D eigenvalue weighted by molar-refractivity contribution is -0.118. The van der Waals surface area contributed by atoms with Gasteiger partial charge < -0.3 is 10.1 Å². The van der Waals surface area contributed by atoms with Gasteiger partial charge in [0.15, 0.2) is 5.78 Å². The lowest BCUT2D eigenvalue weighted by atomic mass is 10.0. The van der Waals surface area contributed by atoms with Crippen molar-refractivity contribution >= 4 is 23.1 Å². The van der Waals surface area contributed by atoms with Crippen LogP contribution in [0.2, 0.25) is 0 Å². The van der Waals surface area contributed by atoms with Gasteiger partial charge in [0.1, 0.15) is 11.8 Å². The quantitative estimate of drug-likeness (QED) is 0.814. The summed E-state index contributed by atoms with van der Waals surface area (Å²) in [5.74, 6) is -0.179. The van der Waals surface area contributed by atoms with Crippen molar-refractivity contribution < 1.29 is 14.3 Å². The molecule has 6 nitrogen and oxygen atoms in total. The Kier molecular flexibility index (Phi) is 6.04. The van der Waals surface area contributed by atoms with Gasteiger partial charge in [0.05, 0.1) is 11.8 Å². The number of amides is 1. The summed E-state index contributed by atoms with van der Waals surface area (Å²) in [4.78, 5) is 24.6. The van der Waals surface area contributed by atoms with Crippen LogP contribution in [-0.4, -0.2) is 42.2 Å². The molecule has 1 saturated heterocycles. The van der Waals surface area contributed by atoms with Crippen LogP contribution in [0.15, 0.2) is 35.4 Å². The number of nitrogens with zero attached hydrogens (tertiary/aromatic N) is 2. The zero-order chi connectivity index (χ0) is 18.5. The molecule has 1 amide bonds. The van der Waals surface area contributed by atoms with Gasteiger partial charge in [-0.1, -0.05) is 18.2 Å². The maximum absolute atomic E-state index is 12.6. The Morgan fingerprint density at radius 1 is 1.35 bits per heavy atom. The van der Waals surface area contributed by atoms with Gasteiger partial charge in [0, 0.05) is 19.1 Å². The molecule has 6 heteroatoms. The third-order valence-corrected chi connectivity index (χ3v) is 4.99. The fourth-order valence-corrected chi connectivity index (χ4v) is 3.47. The van der Waals surface area contributed by atoms with Crippen LogP contribution >= 0.6 is 0 Å². The number of Topliss-reactive ketones (excluding diaryl/α,β-unsaturated/α-hetero) is 1. The smallest absolute Gasteiger partial charge is 0.267 e. The normalized spacial score (nSPS) is 23.6. The number of rotatable bonds is 7. The molecule has 0 saturated carbocycles. The number of carbonyl (C=O) groups excluding carboxylic acids is 2. The molecule has 0 radical (unpaired) electrons. The molecule has 2 heterocycles. The van der Waals surface area contributed by atoms with Crippen molar-refractivity contribution in [1.82, 2.24) is 5.32 Å². The predicted molar refractivity (Wildman–Crippen MR) is 101 cm³/mol. The highest BCUT2D eigenvalue weighted by molar-refractivity contribution is 6.40. The predicted octanol–water partition coefficient (Wildman–Crippen LogP) is 2.67. The number of ether oxygens (including phenoxy) is 1. The summed E-state index contributed by atoms with van der Waals surface area (Å²) in [7, 11) is 0. The van der Waals surface area contributed by atoms with Crippen molar-refractivity contribution in [3.05, 3.63) is 30.3 Å². The third-order valence-electron chi connectivity index (χ3n) is 4.99. The first-order valence-electron chi connectivity index (χ1n) is 9.39. The fourth-order valence-electron chi connectivity index (χ4n) is 3.47. The van der Waals surface area contributed by atoms with Gasteiger partial charge >= 0.3 is 0 Å². The molecule has 1 N–H and O–H groups in total. The summed E-state index contributed by atoms with van der Waals surface area (Å²) in [5, 5.41) is 9.12. The van der Waals surface area contributed by atoms with E-state index in [0.29, 0.717) is 18.2 Å². The summed E-state index contributed by atoms with van der Waals surface area (Å²) in [6.07, 6.45) is 4.74. The van der Waals surface area contributed by atoms with Gasteiger partial charge in [0.2, 0.25) is 0 Å². The Morgan fingerprint density at radius 3 is 2.77 bits per heavy atom. The summed E-state index contributed by atoms with van der Waals surface area (Å²) >= 11 is 0. The van der Waals surface area contributed by atoms with Crippen LogP contribution in [0.25, 0.3) is 0 Å². The number of carbonyl (C=O) groups is 2. The second-order valence-electron chi connectivity index (χ2n) is 7.14. The summed E-state index contributed by atoms with van der Waals surface area (Å²) < 4.78 is 5.63. The maximum atomic E-state index is 12.6. The zero-order valence-electron chi connectivity index (χ0n) is 15.5. The number of ketones is 1. The number of hydrazone groups is 1. The molecule has 3 rings (SSSR count). The van der Waals surface area contributed by atoms with E-state index in [1.807, 2.05) is 37.3 Å². The van der Waals surface area contributed by atoms with Gasteiger partial charge in [-0.25, -0.2) is 0 Å². The summed E-state index contributed by atoms with van der Waals surface area (Å²) in [6.45, 7) is 4.39. The Morgan fingerprint density at radius 2 is 2.12 bits per heavy atom. The minimum atomic E-state index is -0.416. The highest BCUT2D eigenvalue weighted by atomic mass is 16.5. The molecule has 140 valence electrons. The van der Waals surface area contributed by atoms with E-state index in [4.69, 9.17) is 4.74 Å². The summed E-state index contributed by atoms with van der Waals surface area (Å²) in [6, 6.07) is 9.13. The van der Waals surface area contributed by atoms with E-state index in [0.717, 1.165) is 38.0 Å². The van der Waals surface area contributed by atoms with Crippen LogP contribution in [0.3, 0.4) is 0 Å². The largest absolute Gasteiger partial charge is 0.378 e. The van der Waals surface area contributed by atoms with Gasteiger partial charge in [-0.15, -0.1) is 0 Å². The van der Waals surface area contributed by atoms with E-state index in [1.54, 1.807) is 11.9 Å². The first kappa shape index (κ1) is 18.6. The molecule has 3 unspecified atom stereocenters. The molecule has 0 bridgehead atoms. The van der Waals surface area contributed by atoms with Crippen LogP contribution in [-0.2, 0) is 14.3 Å². The molecule has 0 aromatic heterocycles. The average molecular weight is 357 g/mol. The molecule has 26 heavy (non-hydrogen) atoms. The minimum absolute atomic E-state index is 0.00633. The Labute approximate surface area is 154 Å². The lowest BCUT2D eigenvalue weighted by Crippen LogP contribution is -2.38. The van der Waals surface area contributed by atoms with Gasteiger partial charge in [-0.2, -0.15) is 5.10 Å². The van der Waals surface area contributed by atoms with Crippen molar-refractivity contribution in [2.24, 2.45) is 5.10 Å². The van der Waals surface area contributed by atoms with Crippen LogP contribution in [0, 0.1) is 0 Å².